The van der Waals surface area contributed by atoms with Crippen molar-refractivity contribution in [1.29, 1.82) is 0 Å². The molecule has 0 amide bonds. The standard InChI is InChI=1S/C34H40Br2O6/c1-15(2)23-27-19(13-21(37-7)33(23)41-11)31(39-9)25(17(5)29(27)35)26-18(6)30(36)28-20(32(26)40-10)14-22(38-8)34(42-12)24(28)16(3)4/h13-16H,1-12H3. The quantitative estimate of drug-likeness (QED) is 0.173. The van der Waals surface area contributed by atoms with Gasteiger partial charge in [-0.1, -0.05) is 27.7 Å². The summed E-state index contributed by atoms with van der Waals surface area (Å²) < 4.78 is 37.9. The molecule has 0 heterocycles. The largest absolute Gasteiger partial charge is 0.495 e. The van der Waals surface area contributed by atoms with Gasteiger partial charge in [0.1, 0.15) is 11.5 Å². The second-order valence-electron chi connectivity index (χ2n) is 10.9. The fourth-order valence-electron chi connectivity index (χ4n) is 6.21. The summed E-state index contributed by atoms with van der Waals surface area (Å²) in [6.07, 6.45) is 0. The first-order valence-corrected chi connectivity index (χ1v) is 15.4. The molecule has 0 aromatic heterocycles. The van der Waals surface area contributed by atoms with Crippen LogP contribution in [0.3, 0.4) is 0 Å². The van der Waals surface area contributed by atoms with Crippen LogP contribution < -0.4 is 28.4 Å². The number of methoxy groups -OCH3 is 6. The Morgan fingerprint density at radius 1 is 0.500 bits per heavy atom. The zero-order chi connectivity index (χ0) is 31.2. The highest BCUT2D eigenvalue weighted by atomic mass is 79.9. The van der Waals surface area contributed by atoms with Crippen molar-refractivity contribution < 1.29 is 28.4 Å². The van der Waals surface area contributed by atoms with Crippen LogP contribution >= 0.6 is 31.9 Å². The van der Waals surface area contributed by atoms with Gasteiger partial charge in [-0.05, 0) is 80.8 Å². The van der Waals surface area contributed by atoms with Crippen LogP contribution in [0.25, 0.3) is 32.7 Å². The molecule has 0 fully saturated rings. The molecule has 4 rings (SSSR count). The number of ether oxygens (including phenoxy) is 6. The molecule has 0 N–H and O–H groups in total. The first kappa shape index (κ1) is 32.1. The first-order valence-electron chi connectivity index (χ1n) is 13.8. The van der Waals surface area contributed by atoms with E-state index in [0.717, 1.165) is 86.9 Å². The van der Waals surface area contributed by atoms with Gasteiger partial charge >= 0.3 is 0 Å². The van der Waals surface area contributed by atoms with Gasteiger partial charge in [-0.25, -0.2) is 0 Å². The normalized spacial score (nSPS) is 11.5. The van der Waals surface area contributed by atoms with E-state index in [0.29, 0.717) is 11.5 Å². The van der Waals surface area contributed by atoms with Crippen molar-refractivity contribution in [2.45, 2.75) is 53.4 Å². The fourth-order valence-corrected chi connectivity index (χ4v) is 7.46. The third kappa shape index (κ3) is 4.75. The topological polar surface area (TPSA) is 55.4 Å². The predicted molar refractivity (Wildman–Crippen MR) is 179 cm³/mol. The molecule has 0 aliphatic heterocycles. The maximum atomic E-state index is 6.27. The molecule has 4 aromatic rings. The highest BCUT2D eigenvalue weighted by Gasteiger charge is 2.31. The molecule has 0 saturated carbocycles. The summed E-state index contributed by atoms with van der Waals surface area (Å²) in [6.45, 7) is 12.8. The van der Waals surface area contributed by atoms with Crippen molar-refractivity contribution in [3.63, 3.8) is 0 Å². The zero-order valence-corrected chi connectivity index (χ0v) is 29.7. The van der Waals surface area contributed by atoms with Crippen molar-refractivity contribution in [3.05, 3.63) is 43.3 Å². The van der Waals surface area contributed by atoms with Gasteiger partial charge in [-0.3, -0.25) is 0 Å². The van der Waals surface area contributed by atoms with Gasteiger partial charge in [0.05, 0.1) is 42.7 Å². The Labute approximate surface area is 265 Å². The predicted octanol–water partition coefficient (Wildman–Crippen LogP) is 10.1. The highest BCUT2D eigenvalue weighted by Crippen LogP contribution is 2.57. The van der Waals surface area contributed by atoms with Gasteiger partial charge in [0.25, 0.3) is 0 Å². The maximum Gasteiger partial charge on any atom is 0.164 e. The lowest BCUT2D eigenvalue weighted by molar-refractivity contribution is 0.351. The molecule has 226 valence electrons. The fraction of sp³-hybridized carbons (Fsp3) is 0.412. The van der Waals surface area contributed by atoms with Crippen molar-refractivity contribution in [1.82, 2.24) is 0 Å². The molecule has 0 radical (unpaired) electrons. The third-order valence-corrected chi connectivity index (χ3v) is 10.00. The molecule has 4 aromatic carbocycles. The average Bonchev–Trinajstić information content (AvgIpc) is 2.98. The summed E-state index contributed by atoms with van der Waals surface area (Å²) in [5.41, 5.74) is 5.99. The van der Waals surface area contributed by atoms with E-state index < -0.39 is 0 Å². The number of hydrogen-bond donors (Lipinski definition) is 0. The zero-order valence-electron chi connectivity index (χ0n) is 26.5. The van der Waals surface area contributed by atoms with E-state index in [2.05, 4.69) is 73.4 Å². The van der Waals surface area contributed by atoms with Crippen LogP contribution in [0.5, 0.6) is 34.5 Å². The third-order valence-electron chi connectivity index (χ3n) is 8.02. The van der Waals surface area contributed by atoms with Crippen molar-refractivity contribution in [2.75, 3.05) is 42.7 Å². The Kier molecular flexibility index (Phi) is 9.48. The summed E-state index contributed by atoms with van der Waals surface area (Å²) in [4.78, 5) is 0. The Bertz CT molecular complexity index is 1570. The molecule has 0 bridgehead atoms. The molecule has 0 atom stereocenters. The molecule has 8 heteroatoms. The van der Waals surface area contributed by atoms with E-state index in [1.807, 2.05) is 12.1 Å². The minimum atomic E-state index is 0.159. The molecule has 42 heavy (non-hydrogen) atoms. The second kappa shape index (κ2) is 12.4. The average molecular weight is 704 g/mol. The molecule has 6 nitrogen and oxygen atoms in total. The summed E-state index contributed by atoms with van der Waals surface area (Å²) in [6, 6.07) is 3.99. The first-order chi connectivity index (χ1) is 19.9. The van der Waals surface area contributed by atoms with Crippen molar-refractivity contribution in [3.8, 4) is 45.6 Å². The Balaban J connectivity index is 2.32. The minimum Gasteiger partial charge on any atom is -0.495 e. The minimum absolute atomic E-state index is 0.159. The van der Waals surface area contributed by atoms with Gasteiger partial charge in [0.15, 0.2) is 23.0 Å². The smallest absolute Gasteiger partial charge is 0.164 e. The van der Waals surface area contributed by atoms with Crippen molar-refractivity contribution >= 4 is 53.4 Å². The van der Waals surface area contributed by atoms with Crippen LogP contribution in [0.15, 0.2) is 21.1 Å². The number of rotatable bonds is 9. The number of fused-ring (bicyclic) bond motifs is 2. The molecule has 0 saturated heterocycles. The summed E-state index contributed by atoms with van der Waals surface area (Å²) in [5.74, 6) is 4.51. The van der Waals surface area contributed by atoms with Gasteiger partial charge in [0, 0.05) is 52.7 Å². The SMILES string of the molecule is COc1cc2c(OC)c(-c3c(C)c(Br)c4c(C(C)C)c(OC)c(OC)cc4c3OC)c(C)c(Br)c2c(C(C)C)c1OC. The maximum absolute atomic E-state index is 6.27. The number of halogens is 2. The van der Waals surface area contributed by atoms with Gasteiger partial charge in [0.2, 0.25) is 0 Å². The summed E-state index contributed by atoms with van der Waals surface area (Å²) in [5, 5.41) is 3.90. The lowest BCUT2D eigenvalue weighted by atomic mass is 9.85. The van der Waals surface area contributed by atoms with Crippen molar-refractivity contribution in [2.24, 2.45) is 0 Å². The van der Waals surface area contributed by atoms with Crippen LogP contribution in [0.4, 0.5) is 0 Å². The van der Waals surface area contributed by atoms with E-state index in [-0.39, 0.29) is 11.8 Å². The molecular weight excluding hydrogens is 664 g/mol. The van der Waals surface area contributed by atoms with Crippen LogP contribution in [-0.4, -0.2) is 42.7 Å². The van der Waals surface area contributed by atoms with Gasteiger partial charge in [-0.2, -0.15) is 0 Å². The molecular formula is C34H40Br2O6. The van der Waals surface area contributed by atoms with Crippen LogP contribution in [0.2, 0.25) is 0 Å². The number of benzene rings is 4. The lowest BCUT2D eigenvalue weighted by Gasteiger charge is -2.27. The van der Waals surface area contributed by atoms with Gasteiger partial charge in [-0.15, -0.1) is 0 Å². The van der Waals surface area contributed by atoms with Crippen LogP contribution in [-0.2, 0) is 0 Å². The van der Waals surface area contributed by atoms with E-state index in [4.69, 9.17) is 28.4 Å². The monoisotopic (exact) mass is 702 g/mol. The highest BCUT2D eigenvalue weighted by molar-refractivity contribution is 9.11. The van der Waals surface area contributed by atoms with Crippen LogP contribution in [0, 0.1) is 13.8 Å². The molecule has 0 aliphatic carbocycles. The second-order valence-corrected chi connectivity index (χ2v) is 12.5. The Morgan fingerprint density at radius 2 is 0.810 bits per heavy atom. The van der Waals surface area contributed by atoms with E-state index in [9.17, 15) is 0 Å². The molecule has 0 aliphatic rings. The van der Waals surface area contributed by atoms with E-state index >= 15 is 0 Å². The Morgan fingerprint density at radius 3 is 1.05 bits per heavy atom. The number of hydrogen-bond acceptors (Lipinski definition) is 6. The van der Waals surface area contributed by atoms with E-state index in [1.165, 1.54) is 0 Å². The summed E-state index contributed by atoms with van der Waals surface area (Å²) in [7, 11) is 10.1. The van der Waals surface area contributed by atoms with Gasteiger partial charge < -0.3 is 28.4 Å². The summed E-state index contributed by atoms with van der Waals surface area (Å²) >= 11 is 7.98. The van der Waals surface area contributed by atoms with Crippen LogP contribution in [0.1, 0.15) is 61.8 Å². The Hall–Kier alpha value is -2.84. The van der Waals surface area contributed by atoms with E-state index in [1.54, 1.807) is 42.7 Å². The lowest BCUT2D eigenvalue weighted by Crippen LogP contribution is -2.05. The molecule has 0 spiro atoms. The molecule has 0 unspecified atom stereocenters.